The Hall–Kier alpha value is -2.35. The first-order valence-electron chi connectivity index (χ1n) is 11.2. The molecule has 0 atom stereocenters. The van der Waals surface area contributed by atoms with E-state index in [9.17, 15) is 4.79 Å². The molecule has 0 radical (unpaired) electrons. The van der Waals surface area contributed by atoms with E-state index in [1.54, 1.807) is 35.6 Å². The number of carbonyl (C=O) groups is 1. The number of furan rings is 1. The fourth-order valence-corrected chi connectivity index (χ4v) is 4.81. The number of halogens is 1. The van der Waals surface area contributed by atoms with Crippen LogP contribution in [0.4, 0.5) is 0 Å². The molecular weight excluding hydrogens is 458 g/mol. The zero-order valence-corrected chi connectivity index (χ0v) is 20.9. The number of aromatic nitrogens is 1. The lowest BCUT2D eigenvalue weighted by Gasteiger charge is -2.21. The largest absolute Gasteiger partial charge is 0.484 e. The highest BCUT2D eigenvalue weighted by molar-refractivity contribution is 7.09. The van der Waals surface area contributed by atoms with Crippen molar-refractivity contribution in [2.75, 3.05) is 26.2 Å². The maximum atomic E-state index is 13.0. The number of carbonyl (C=O) groups excluding carboxylic acids is 1. The summed E-state index contributed by atoms with van der Waals surface area (Å²) in [6.45, 7) is 10.7. The molecular formula is C25H30ClN3O3S. The standard InChI is InChI=1S/C25H30ClN3O3S/c1-25(2,3)24-27-18(17-33-24)15-28-11-6-12-29(14-13-28)23(30)22-10-9-19(32-22)16-31-21-8-5-4-7-20(21)26/h4-5,7-10,17H,6,11-16H2,1-3H3. The van der Waals surface area contributed by atoms with Crippen molar-refractivity contribution in [2.45, 2.75) is 45.8 Å². The highest BCUT2D eigenvalue weighted by Crippen LogP contribution is 2.27. The van der Waals surface area contributed by atoms with Gasteiger partial charge in [0.25, 0.3) is 5.91 Å². The predicted octanol–water partition coefficient (Wildman–Crippen LogP) is 5.61. The van der Waals surface area contributed by atoms with Crippen molar-refractivity contribution in [3.63, 3.8) is 0 Å². The van der Waals surface area contributed by atoms with Crippen molar-refractivity contribution in [1.82, 2.24) is 14.8 Å². The van der Waals surface area contributed by atoms with Gasteiger partial charge in [-0.25, -0.2) is 4.98 Å². The molecule has 0 bridgehead atoms. The fourth-order valence-electron chi connectivity index (χ4n) is 3.72. The number of benzene rings is 1. The third-order valence-electron chi connectivity index (χ3n) is 5.53. The normalized spacial score (nSPS) is 15.5. The summed E-state index contributed by atoms with van der Waals surface area (Å²) in [5, 5.41) is 3.86. The van der Waals surface area contributed by atoms with E-state index in [0.29, 0.717) is 35.4 Å². The summed E-state index contributed by atoms with van der Waals surface area (Å²) in [6, 6.07) is 10.8. The van der Waals surface area contributed by atoms with Gasteiger partial charge in [-0.2, -0.15) is 0 Å². The van der Waals surface area contributed by atoms with Crippen molar-refractivity contribution < 1.29 is 13.9 Å². The second-order valence-electron chi connectivity index (χ2n) is 9.30. The molecule has 8 heteroatoms. The molecule has 0 spiro atoms. The van der Waals surface area contributed by atoms with Gasteiger partial charge in [-0.05, 0) is 30.7 Å². The molecule has 3 heterocycles. The van der Waals surface area contributed by atoms with Gasteiger partial charge in [0.2, 0.25) is 0 Å². The van der Waals surface area contributed by atoms with E-state index in [4.69, 9.17) is 25.7 Å². The van der Waals surface area contributed by atoms with Crippen LogP contribution in [-0.4, -0.2) is 46.9 Å². The number of amides is 1. The molecule has 3 aromatic rings. The monoisotopic (exact) mass is 487 g/mol. The molecule has 2 aromatic heterocycles. The molecule has 0 N–H and O–H groups in total. The number of para-hydroxylation sites is 1. The lowest BCUT2D eigenvalue weighted by atomic mass is 9.98. The topological polar surface area (TPSA) is 58.8 Å². The molecule has 1 aliphatic heterocycles. The summed E-state index contributed by atoms with van der Waals surface area (Å²) in [4.78, 5) is 22.1. The molecule has 1 amide bonds. The van der Waals surface area contributed by atoms with Crippen LogP contribution in [0.1, 0.15) is 54.2 Å². The zero-order valence-electron chi connectivity index (χ0n) is 19.3. The molecule has 33 heavy (non-hydrogen) atoms. The average molecular weight is 488 g/mol. The molecule has 1 fully saturated rings. The quantitative estimate of drug-likeness (QED) is 0.452. The van der Waals surface area contributed by atoms with Gasteiger partial charge in [0, 0.05) is 43.5 Å². The van der Waals surface area contributed by atoms with E-state index in [-0.39, 0.29) is 17.9 Å². The number of hydrogen-bond acceptors (Lipinski definition) is 6. The predicted molar refractivity (Wildman–Crippen MR) is 131 cm³/mol. The van der Waals surface area contributed by atoms with E-state index < -0.39 is 0 Å². The Morgan fingerprint density at radius 1 is 1.15 bits per heavy atom. The molecule has 1 saturated heterocycles. The number of rotatable bonds is 6. The van der Waals surface area contributed by atoms with Crippen LogP contribution in [0.2, 0.25) is 5.02 Å². The summed E-state index contributed by atoms with van der Waals surface area (Å²) in [6.07, 6.45) is 0.922. The smallest absolute Gasteiger partial charge is 0.289 e. The SMILES string of the molecule is CC(C)(C)c1nc(CN2CCCN(C(=O)c3ccc(COc4ccccc4Cl)o3)CC2)cs1. The van der Waals surface area contributed by atoms with E-state index in [0.717, 1.165) is 36.8 Å². The van der Waals surface area contributed by atoms with Gasteiger partial charge in [0.05, 0.1) is 15.7 Å². The van der Waals surface area contributed by atoms with Crippen molar-refractivity contribution in [1.29, 1.82) is 0 Å². The molecule has 1 aliphatic rings. The highest BCUT2D eigenvalue weighted by Gasteiger charge is 2.24. The molecule has 0 saturated carbocycles. The van der Waals surface area contributed by atoms with Crippen LogP contribution in [0.5, 0.6) is 5.75 Å². The second-order valence-corrected chi connectivity index (χ2v) is 10.6. The summed E-state index contributed by atoms with van der Waals surface area (Å²) < 4.78 is 11.5. The van der Waals surface area contributed by atoms with Gasteiger partial charge < -0.3 is 14.1 Å². The molecule has 4 rings (SSSR count). The molecule has 176 valence electrons. The van der Waals surface area contributed by atoms with Crippen LogP contribution in [-0.2, 0) is 18.6 Å². The Balaban J connectivity index is 1.30. The minimum atomic E-state index is -0.0791. The van der Waals surface area contributed by atoms with Crippen molar-refractivity contribution in [2.24, 2.45) is 0 Å². The van der Waals surface area contributed by atoms with Gasteiger partial charge in [-0.3, -0.25) is 9.69 Å². The minimum Gasteiger partial charge on any atom is -0.484 e. The number of nitrogens with zero attached hydrogens (tertiary/aromatic N) is 3. The molecule has 0 unspecified atom stereocenters. The van der Waals surface area contributed by atoms with Crippen molar-refractivity contribution in [3.8, 4) is 5.75 Å². The van der Waals surface area contributed by atoms with E-state index >= 15 is 0 Å². The average Bonchev–Trinajstić information content (AvgIpc) is 3.39. The van der Waals surface area contributed by atoms with Crippen LogP contribution in [0.15, 0.2) is 46.2 Å². The van der Waals surface area contributed by atoms with Crippen molar-refractivity contribution in [3.05, 3.63) is 69.0 Å². The number of thiazole rings is 1. The second kappa shape index (κ2) is 10.3. The number of ether oxygens (including phenoxy) is 1. The molecule has 6 nitrogen and oxygen atoms in total. The Morgan fingerprint density at radius 3 is 2.73 bits per heavy atom. The van der Waals surface area contributed by atoms with Gasteiger partial charge >= 0.3 is 0 Å². The van der Waals surface area contributed by atoms with Gasteiger partial charge in [0.1, 0.15) is 18.1 Å². The maximum Gasteiger partial charge on any atom is 0.289 e. The summed E-state index contributed by atoms with van der Waals surface area (Å²) in [5.74, 6) is 1.44. The third-order valence-corrected chi connectivity index (χ3v) is 7.16. The first-order chi connectivity index (χ1) is 15.8. The lowest BCUT2D eigenvalue weighted by Crippen LogP contribution is -2.35. The van der Waals surface area contributed by atoms with Crippen LogP contribution in [0, 0.1) is 0 Å². The lowest BCUT2D eigenvalue weighted by molar-refractivity contribution is 0.0725. The van der Waals surface area contributed by atoms with E-state index in [1.165, 1.54) is 0 Å². The number of hydrogen-bond donors (Lipinski definition) is 0. The maximum absolute atomic E-state index is 13.0. The first-order valence-corrected chi connectivity index (χ1v) is 12.5. The van der Waals surface area contributed by atoms with E-state index in [2.05, 4.69) is 31.1 Å². The Bertz CT molecular complexity index is 1090. The van der Waals surface area contributed by atoms with E-state index in [1.807, 2.05) is 17.0 Å². The minimum absolute atomic E-state index is 0.0746. The Labute approximate surface area is 204 Å². The zero-order chi connectivity index (χ0) is 23.4. The van der Waals surface area contributed by atoms with Crippen LogP contribution < -0.4 is 4.74 Å². The summed E-state index contributed by atoms with van der Waals surface area (Å²) >= 11 is 7.85. The summed E-state index contributed by atoms with van der Waals surface area (Å²) in [7, 11) is 0. The molecule has 1 aromatic carbocycles. The Kier molecular flexibility index (Phi) is 7.41. The third kappa shape index (κ3) is 6.16. The van der Waals surface area contributed by atoms with Crippen LogP contribution in [0.3, 0.4) is 0 Å². The van der Waals surface area contributed by atoms with Crippen molar-refractivity contribution >= 4 is 28.8 Å². The van der Waals surface area contributed by atoms with Gasteiger partial charge in [0.15, 0.2) is 5.76 Å². The van der Waals surface area contributed by atoms with Crippen LogP contribution >= 0.6 is 22.9 Å². The summed E-state index contributed by atoms with van der Waals surface area (Å²) in [5.41, 5.74) is 1.18. The van der Waals surface area contributed by atoms with Gasteiger partial charge in [-0.15, -0.1) is 11.3 Å². The highest BCUT2D eigenvalue weighted by atomic mass is 35.5. The Morgan fingerprint density at radius 2 is 1.97 bits per heavy atom. The molecule has 0 aliphatic carbocycles. The fraction of sp³-hybridized carbons (Fsp3) is 0.440. The van der Waals surface area contributed by atoms with Crippen LogP contribution in [0.25, 0.3) is 0 Å². The van der Waals surface area contributed by atoms with Gasteiger partial charge in [-0.1, -0.05) is 44.5 Å². The first kappa shape index (κ1) is 23.8.